The fourth-order valence-corrected chi connectivity index (χ4v) is 1.65. The lowest BCUT2D eigenvalue weighted by molar-refractivity contribution is -0.131. The standard InChI is InChI=1S/C12H10ClN3O3/c13-8-1-2-10-15-9(7-16(10)6-8)5-14-11(17)3-4-12(18)19/h1-4,6-7H,5H2,(H,14,17)(H,18,19)/b4-3+. The zero-order valence-corrected chi connectivity index (χ0v) is 10.5. The maximum absolute atomic E-state index is 11.3. The first-order valence-corrected chi connectivity index (χ1v) is 5.74. The van der Waals surface area contributed by atoms with Gasteiger partial charge in [0.15, 0.2) is 0 Å². The van der Waals surface area contributed by atoms with Crippen molar-refractivity contribution in [2.45, 2.75) is 6.54 Å². The Kier molecular flexibility index (Phi) is 3.82. The van der Waals surface area contributed by atoms with Crippen molar-refractivity contribution >= 4 is 29.1 Å². The lowest BCUT2D eigenvalue weighted by atomic mass is 10.4. The van der Waals surface area contributed by atoms with Gasteiger partial charge in [0.2, 0.25) is 5.91 Å². The summed E-state index contributed by atoms with van der Waals surface area (Å²) in [5.74, 6) is -1.66. The van der Waals surface area contributed by atoms with Crippen LogP contribution in [0.5, 0.6) is 0 Å². The van der Waals surface area contributed by atoms with Gasteiger partial charge in [-0.15, -0.1) is 0 Å². The summed E-state index contributed by atoms with van der Waals surface area (Å²) in [7, 11) is 0. The molecule has 0 spiro atoms. The highest BCUT2D eigenvalue weighted by Gasteiger charge is 2.03. The molecule has 0 fully saturated rings. The third kappa shape index (κ3) is 3.56. The summed E-state index contributed by atoms with van der Waals surface area (Å²) < 4.78 is 1.75. The number of hydrogen-bond donors (Lipinski definition) is 2. The third-order valence-corrected chi connectivity index (χ3v) is 2.51. The number of aromatic nitrogens is 2. The molecular weight excluding hydrogens is 270 g/mol. The van der Waals surface area contributed by atoms with Crippen molar-refractivity contribution < 1.29 is 14.7 Å². The number of aliphatic carboxylic acids is 1. The van der Waals surface area contributed by atoms with Crippen molar-refractivity contribution in [2.75, 3.05) is 0 Å². The maximum atomic E-state index is 11.3. The second-order valence-electron chi connectivity index (χ2n) is 3.73. The summed E-state index contributed by atoms with van der Waals surface area (Å²) >= 11 is 5.84. The van der Waals surface area contributed by atoms with Gasteiger partial charge < -0.3 is 14.8 Å². The predicted molar refractivity (Wildman–Crippen MR) is 68.8 cm³/mol. The second-order valence-corrected chi connectivity index (χ2v) is 4.17. The van der Waals surface area contributed by atoms with E-state index in [0.29, 0.717) is 10.7 Å². The van der Waals surface area contributed by atoms with Gasteiger partial charge in [-0.3, -0.25) is 4.79 Å². The molecule has 0 aliphatic heterocycles. The zero-order valence-electron chi connectivity index (χ0n) is 9.71. The molecule has 2 aromatic heterocycles. The molecule has 0 bridgehead atoms. The van der Waals surface area contributed by atoms with E-state index in [0.717, 1.165) is 17.8 Å². The minimum Gasteiger partial charge on any atom is -0.478 e. The lowest BCUT2D eigenvalue weighted by Crippen LogP contribution is -2.20. The number of carbonyl (C=O) groups excluding carboxylic acids is 1. The van der Waals surface area contributed by atoms with E-state index in [4.69, 9.17) is 16.7 Å². The van der Waals surface area contributed by atoms with E-state index in [9.17, 15) is 9.59 Å². The summed E-state index contributed by atoms with van der Waals surface area (Å²) in [6.07, 6.45) is 5.18. The van der Waals surface area contributed by atoms with Crippen LogP contribution in [-0.2, 0) is 16.1 Å². The Morgan fingerprint density at radius 3 is 2.89 bits per heavy atom. The van der Waals surface area contributed by atoms with Crippen molar-refractivity contribution in [2.24, 2.45) is 0 Å². The Balaban J connectivity index is 2.02. The second kappa shape index (κ2) is 5.53. The zero-order chi connectivity index (χ0) is 13.8. The molecule has 2 aromatic rings. The Bertz CT molecular complexity index is 663. The first kappa shape index (κ1) is 13.1. The first-order valence-electron chi connectivity index (χ1n) is 5.36. The molecule has 0 saturated heterocycles. The highest BCUT2D eigenvalue weighted by Crippen LogP contribution is 2.11. The molecule has 6 nitrogen and oxygen atoms in total. The van der Waals surface area contributed by atoms with Crippen LogP contribution >= 0.6 is 11.6 Å². The largest absolute Gasteiger partial charge is 0.478 e. The Morgan fingerprint density at radius 2 is 2.16 bits per heavy atom. The number of fused-ring (bicyclic) bond motifs is 1. The fraction of sp³-hybridized carbons (Fsp3) is 0.0833. The number of imidazole rings is 1. The summed E-state index contributed by atoms with van der Waals surface area (Å²) in [6.45, 7) is 0.210. The van der Waals surface area contributed by atoms with Crippen LogP contribution in [-0.4, -0.2) is 26.4 Å². The fourth-order valence-electron chi connectivity index (χ4n) is 1.49. The van der Waals surface area contributed by atoms with Gasteiger partial charge in [-0.05, 0) is 12.1 Å². The number of carboxylic acids is 1. The molecule has 2 heterocycles. The van der Waals surface area contributed by atoms with Crippen molar-refractivity contribution in [1.29, 1.82) is 0 Å². The highest BCUT2D eigenvalue weighted by atomic mass is 35.5. The van der Waals surface area contributed by atoms with Gasteiger partial charge in [-0.2, -0.15) is 0 Å². The number of rotatable bonds is 4. The molecule has 0 aliphatic rings. The van der Waals surface area contributed by atoms with E-state index in [-0.39, 0.29) is 6.54 Å². The topological polar surface area (TPSA) is 83.7 Å². The summed E-state index contributed by atoms with van der Waals surface area (Å²) in [5.41, 5.74) is 1.37. The first-order chi connectivity index (χ1) is 9.04. The molecule has 0 aliphatic carbocycles. The van der Waals surface area contributed by atoms with E-state index in [1.807, 2.05) is 0 Å². The number of pyridine rings is 1. The molecule has 0 saturated carbocycles. The molecule has 0 unspecified atom stereocenters. The summed E-state index contributed by atoms with van der Waals surface area (Å²) in [5, 5.41) is 11.5. The molecular formula is C12H10ClN3O3. The van der Waals surface area contributed by atoms with Gasteiger partial charge in [0.1, 0.15) is 5.65 Å². The molecule has 1 amide bonds. The Labute approximate surface area is 113 Å². The summed E-state index contributed by atoms with van der Waals surface area (Å²) in [6, 6.07) is 3.49. The average molecular weight is 280 g/mol. The van der Waals surface area contributed by atoms with Crippen LogP contribution in [0, 0.1) is 0 Å². The number of nitrogens with one attached hydrogen (secondary N) is 1. The normalized spacial score (nSPS) is 11.0. The van der Waals surface area contributed by atoms with E-state index >= 15 is 0 Å². The highest BCUT2D eigenvalue weighted by molar-refractivity contribution is 6.30. The minimum atomic E-state index is -1.17. The van der Waals surface area contributed by atoms with Crippen LogP contribution in [0.2, 0.25) is 5.02 Å². The average Bonchev–Trinajstić information content (AvgIpc) is 2.75. The van der Waals surface area contributed by atoms with Crippen LogP contribution in [0.15, 0.2) is 36.7 Å². The Morgan fingerprint density at radius 1 is 1.37 bits per heavy atom. The van der Waals surface area contributed by atoms with E-state index in [1.54, 1.807) is 28.9 Å². The van der Waals surface area contributed by atoms with E-state index in [1.165, 1.54) is 0 Å². The van der Waals surface area contributed by atoms with E-state index < -0.39 is 11.9 Å². The quantitative estimate of drug-likeness (QED) is 0.825. The molecule has 19 heavy (non-hydrogen) atoms. The number of carboxylic acid groups (broad SMARTS) is 1. The lowest BCUT2D eigenvalue weighted by Gasteiger charge is -1.97. The molecule has 98 valence electrons. The summed E-state index contributed by atoms with van der Waals surface area (Å²) in [4.78, 5) is 25.8. The van der Waals surface area contributed by atoms with Gasteiger partial charge >= 0.3 is 5.97 Å². The third-order valence-electron chi connectivity index (χ3n) is 2.29. The van der Waals surface area contributed by atoms with Crippen molar-refractivity contribution in [3.63, 3.8) is 0 Å². The van der Waals surface area contributed by atoms with Crippen molar-refractivity contribution in [1.82, 2.24) is 14.7 Å². The maximum Gasteiger partial charge on any atom is 0.328 e. The number of nitrogens with zero attached hydrogens (tertiary/aromatic N) is 2. The molecule has 2 rings (SSSR count). The SMILES string of the molecule is O=C(O)/C=C/C(=O)NCc1cn2cc(Cl)ccc2n1. The van der Waals surface area contributed by atoms with Crippen molar-refractivity contribution in [3.8, 4) is 0 Å². The minimum absolute atomic E-state index is 0.210. The molecule has 0 atom stereocenters. The van der Waals surface area contributed by atoms with E-state index in [2.05, 4.69) is 10.3 Å². The van der Waals surface area contributed by atoms with Crippen LogP contribution in [0.25, 0.3) is 5.65 Å². The van der Waals surface area contributed by atoms with Gasteiger partial charge in [0, 0.05) is 24.5 Å². The van der Waals surface area contributed by atoms with Gasteiger partial charge in [-0.25, -0.2) is 9.78 Å². The molecule has 7 heteroatoms. The van der Waals surface area contributed by atoms with Crippen LogP contribution in [0.3, 0.4) is 0 Å². The van der Waals surface area contributed by atoms with Crippen molar-refractivity contribution in [3.05, 3.63) is 47.4 Å². The smallest absolute Gasteiger partial charge is 0.328 e. The number of carbonyl (C=O) groups is 2. The predicted octanol–water partition coefficient (Wildman–Crippen LogP) is 1.24. The monoisotopic (exact) mass is 279 g/mol. The van der Waals surface area contributed by atoms with Crippen LogP contribution in [0.4, 0.5) is 0 Å². The number of hydrogen-bond acceptors (Lipinski definition) is 3. The van der Waals surface area contributed by atoms with Crippen LogP contribution in [0.1, 0.15) is 5.69 Å². The molecule has 0 aromatic carbocycles. The molecule has 0 radical (unpaired) electrons. The Hall–Kier alpha value is -2.34. The van der Waals surface area contributed by atoms with Gasteiger partial charge in [0.05, 0.1) is 17.3 Å². The number of halogens is 1. The van der Waals surface area contributed by atoms with Gasteiger partial charge in [-0.1, -0.05) is 11.6 Å². The van der Waals surface area contributed by atoms with Gasteiger partial charge in [0.25, 0.3) is 0 Å². The molecule has 2 N–H and O–H groups in total. The van der Waals surface area contributed by atoms with Crippen LogP contribution < -0.4 is 5.32 Å². The number of amides is 1.